The second kappa shape index (κ2) is 5.60. The van der Waals surface area contributed by atoms with Crippen LogP contribution in [0.2, 0.25) is 0 Å². The summed E-state index contributed by atoms with van der Waals surface area (Å²) in [5.74, 6) is 1.75. The largest absolute Gasteiger partial charge is 0.493 e. The molecule has 1 aliphatic rings. The van der Waals surface area contributed by atoms with E-state index < -0.39 is 0 Å². The molecule has 0 spiro atoms. The van der Waals surface area contributed by atoms with E-state index in [1.807, 2.05) is 31.2 Å². The lowest BCUT2D eigenvalue weighted by atomic mass is 10.2. The maximum Gasteiger partial charge on any atom is 0.244 e. The van der Waals surface area contributed by atoms with E-state index >= 15 is 0 Å². The minimum absolute atomic E-state index is 0.0782. The second-order valence-corrected chi connectivity index (χ2v) is 4.74. The standard InChI is InChI=1S/C14H17N3O3/c1-2-19-12-6-4-3-5-10(12)13-16-14(20-17-13)11-7-9(18)8-15-11/h3-6,9,11,15,18H,2,7-8H2,1H3/t9-,11+/m0/s1. The van der Waals surface area contributed by atoms with Gasteiger partial charge in [-0.05, 0) is 25.5 Å². The Kier molecular flexibility index (Phi) is 3.66. The molecule has 3 rings (SSSR count). The lowest BCUT2D eigenvalue weighted by Crippen LogP contribution is -2.15. The zero-order valence-electron chi connectivity index (χ0n) is 11.2. The van der Waals surface area contributed by atoms with Gasteiger partial charge in [0.15, 0.2) is 0 Å². The van der Waals surface area contributed by atoms with Crippen LogP contribution in [0.5, 0.6) is 5.75 Å². The normalized spacial score (nSPS) is 22.1. The lowest BCUT2D eigenvalue weighted by Gasteiger charge is -2.06. The number of para-hydroxylation sites is 1. The van der Waals surface area contributed by atoms with E-state index in [1.165, 1.54) is 0 Å². The van der Waals surface area contributed by atoms with Crippen LogP contribution < -0.4 is 10.1 Å². The first-order chi connectivity index (χ1) is 9.78. The zero-order valence-corrected chi connectivity index (χ0v) is 11.2. The average molecular weight is 275 g/mol. The number of aliphatic hydroxyl groups excluding tert-OH is 1. The molecule has 0 aliphatic carbocycles. The van der Waals surface area contributed by atoms with Crippen molar-refractivity contribution in [1.82, 2.24) is 15.5 Å². The summed E-state index contributed by atoms with van der Waals surface area (Å²) in [6.45, 7) is 3.07. The summed E-state index contributed by atoms with van der Waals surface area (Å²) >= 11 is 0. The highest BCUT2D eigenvalue weighted by atomic mass is 16.5. The SMILES string of the molecule is CCOc1ccccc1-c1noc([C@H]2C[C@H](O)CN2)n1. The molecule has 0 saturated carbocycles. The Hall–Kier alpha value is -1.92. The van der Waals surface area contributed by atoms with Gasteiger partial charge >= 0.3 is 0 Å². The van der Waals surface area contributed by atoms with Crippen LogP contribution >= 0.6 is 0 Å². The van der Waals surface area contributed by atoms with Gasteiger partial charge in [-0.1, -0.05) is 17.3 Å². The lowest BCUT2D eigenvalue weighted by molar-refractivity contribution is 0.191. The predicted octanol–water partition coefficient (Wildman–Crippen LogP) is 1.53. The number of hydrogen-bond donors (Lipinski definition) is 2. The first kappa shape index (κ1) is 13.1. The molecule has 2 N–H and O–H groups in total. The fourth-order valence-corrected chi connectivity index (χ4v) is 2.32. The second-order valence-electron chi connectivity index (χ2n) is 4.74. The average Bonchev–Trinajstić information content (AvgIpc) is 3.08. The van der Waals surface area contributed by atoms with E-state index in [2.05, 4.69) is 15.5 Å². The van der Waals surface area contributed by atoms with Crippen molar-refractivity contribution >= 4 is 0 Å². The molecule has 1 aromatic carbocycles. The maximum absolute atomic E-state index is 9.53. The highest BCUT2D eigenvalue weighted by Crippen LogP contribution is 2.29. The van der Waals surface area contributed by atoms with Crippen LogP contribution in [-0.2, 0) is 0 Å². The molecule has 2 atom stereocenters. The van der Waals surface area contributed by atoms with E-state index in [9.17, 15) is 5.11 Å². The van der Waals surface area contributed by atoms with E-state index in [0.717, 1.165) is 11.3 Å². The van der Waals surface area contributed by atoms with Gasteiger partial charge in [0.1, 0.15) is 5.75 Å². The summed E-state index contributed by atoms with van der Waals surface area (Å²) in [6.07, 6.45) is 0.237. The number of rotatable bonds is 4. The highest BCUT2D eigenvalue weighted by Gasteiger charge is 2.28. The van der Waals surface area contributed by atoms with Crippen molar-refractivity contribution in [3.8, 4) is 17.1 Å². The quantitative estimate of drug-likeness (QED) is 0.880. The van der Waals surface area contributed by atoms with Gasteiger partial charge in [0, 0.05) is 6.54 Å². The van der Waals surface area contributed by atoms with Crippen molar-refractivity contribution in [2.24, 2.45) is 0 Å². The summed E-state index contributed by atoms with van der Waals surface area (Å²) in [7, 11) is 0. The van der Waals surface area contributed by atoms with Crippen LogP contribution in [0, 0.1) is 0 Å². The molecular formula is C14H17N3O3. The van der Waals surface area contributed by atoms with E-state index in [4.69, 9.17) is 9.26 Å². The number of nitrogens with zero attached hydrogens (tertiary/aromatic N) is 2. The minimum atomic E-state index is -0.355. The molecule has 0 bridgehead atoms. The molecule has 106 valence electrons. The molecule has 1 aromatic heterocycles. The monoisotopic (exact) mass is 275 g/mol. The molecule has 0 radical (unpaired) electrons. The molecule has 2 aromatic rings. The summed E-state index contributed by atoms with van der Waals surface area (Å²) in [5, 5.41) is 16.7. The highest BCUT2D eigenvalue weighted by molar-refractivity contribution is 5.63. The minimum Gasteiger partial charge on any atom is -0.493 e. The predicted molar refractivity (Wildman–Crippen MR) is 72.3 cm³/mol. The van der Waals surface area contributed by atoms with E-state index in [1.54, 1.807) is 0 Å². The van der Waals surface area contributed by atoms with Gasteiger partial charge in [-0.25, -0.2) is 0 Å². The molecular weight excluding hydrogens is 258 g/mol. The number of β-amino-alcohol motifs (C(OH)–C–C–N with tert-alkyl or cyclic N) is 1. The summed E-state index contributed by atoms with van der Waals surface area (Å²) in [4.78, 5) is 4.41. The molecule has 1 fully saturated rings. The van der Waals surface area contributed by atoms with E-state index in [-0.39, 0.29) is 12.1 Å². The van der Waals surface area contributed by atoms with Crippen LogP contribution in [-0.4, -0.2) is 34.5 Å². The fourth-order valence-electron chi connectivity index (χ4n) is 2.32. The van der Waals surface area contributed by atoms with Crippen molar-refractivity contribution < 1.29 is 14.4 Å². The molecule has 20 heavy (non-hydrogen) atoms. The van der Waals surface area contributed by atoms with Crippen molar-refractivity contribution in [2.45, 2.75) is 25.5 Å². The van der Waals surface area contributed by atoms with Crippen LogP contribution in [0.4, 0.5) is 0 Å². The number of hydrogen-bond acceptors (Lipinski definition) is 6. The fraction of sp³-hybridized carbons (Fsp3) is 0.429. The van der Waals surface area contributed by atoms with E-state index in [0.29, 0.717) is 31.3 Å². The van der Waals surface area contributed by atoms with Crippen molar-refractivity contribution in [3.63, 3.8) is 0 Å². The van der Waals surface area contributed by atoms with Crippen molar-refractivity contribution in [3.05, 3.63) is 30.2 Å². The molecule has 6 heteroatoms. The molecule has 0 amide bonds. The molecule has 6 nitrogen and oxygen atoms in total. The zero-order chi connectivity index (χ0) is 13.9. The van der Waals surface area contributed by atoms with Crippen molar-refractivity contribution in [2.75, 3.05) is 13.2 Å². The van der Waals surface area contributed by atoms with Gasteiger partial charge in [-0.3, -0.25) is 0 Å². The topological polar surface area (TPSA) is 80.4 Å². The summed E-state index contributed by atoms with van der Waals surface area (Å²) in [5.41, 5.74) is 0.808. The molecule has 1 saturated heterocycles. The number of benzene rings is 1. The summed E-state index contributed by atoms with van der Waals surface area (Å²) < 4.78 is 10.9. The molecule has 2 heterocycles. The Bertz CT molecular complexity index is 585. The van der Waals surface area contributed by atoms with Gasteiger partial charge in [-0.2, -0.15) is 4.98 Å². The number of nitrogens with one attached hydrogen (secondary N) is 1. The third-order valence-electron chi connectivity index (χ3n) is 3.28. The van der Waals surface area contributed by atoms with Crippen LogP contribution in [0.1, 0.15) is 25.3 Å². The van der Waals surface area contributed by atoms with Gasteiger partial charge in [0.2, 0.25) is 11.7 Å². The van der Waals surface area contributed by atoms with Crippen molar-refractivity contribution in [1.29, 1.82) is 0 Å². The number of ether oxygens (including phenoxy) is 1. The van der Waals surface area contributed by atoms with Gasteiger partial charge in [-0.15, -0.1) is 0 Å². The van der Waals surface area contributed by atoms with Crippen LogP contribution in [0.3, 0.4) is 0 Å². The smallest absolute Gasteiger partial charge is 0.244 e. The molecule has 0 unspecified atom stereocenters. The maximum atomic E-state index is 9.53. The third-order valence-corrected chi connectivity index (χ3v) is 3.28. The Morgan fingerprint density at radius 2 is 2.30 bits per heavy atom. The number of aromatic nitrogens is 2. The Morgan fingerprint density at radius 3 is 3.05 bits per heavy atom. The van der Waals surface area contributed by atoms with Gasteiger partial charge in [0.05, 0.1) is 24.3 Å². The third kappa shape index (κ3) is 2.52. The van der Waals surface area contributed by atoms with Gasteiger partial charge in [0.25, 0.3) is 0 Å². The summed E-state index contributed by atoms with van der Waals surface area (Å²) in [6, 6.07) is 7.52. The van der Waals surface area contributed by atoms with Gasteiger partial charge < -0.3 is 19.7 Å². The van der Waals surface area contributed by atoms with Crippen LogP contribution in [0.25, 0.3) is 11.4 Å². The first-order valence-electron chi connectivity index (χ1n) is 6.75. The Balaban J connectivity index is 1.86. The van der Waals surface area contributed by atoms with Crippen LogP contribution in [0.15, 0.2) is 28.8 Å². The molecule has 1 aliphatic heterocycles. The number of aliphatic hydroxyl groups is 1. The Morgan fingerprint density at radius 1 is 1.45 bits per heavy atom. The first-order valence-corrected chi connectivity index (χ1v) is 6.75. The Labute approximate surface area is 116 Å².